The van der Waals surface area contributed by atoms with Crippen molar-refractivity contribution < 1.29 is 13.5 Å². The molecule has 2 rings (SSSR count). The summed E-state index contributed by atoms with van der Waals surface area (Å²) >= 11 is 9.06. The molecule has 5 nitrogen and oxygen atoms in total. The monoisotopic (exact) mass is 396 g/mol. The number of hydrogen-bond acceptors (Lipinski definition) is 4. The maximum atomic E-state index is 12.4. The summed E-state index contributed by atoms with van der Waals surface area (Å²) in [5.41, 5.74) is 5.63. The first-order valence-corrected chi connectivity index (χ1v) is 9.30. The maximum absolute atomic E-state index is 12.4. The first-order valence-electron chi connectivity index (χ1n) is 6.65. The van der Waals surface area contributed by atoms with Crippen molar-refractivity contribution in [2.24, 2.45) is 5.41 Å². The highest BCUT2D eigenvalue weighted by Crippen LogP contribution is 2.38. The summed E-state index contributed by atoms with van der Waals surface area (Å²) in [6, 6.07) is 2.83. The third-order valence-electron chi connectivity index (χ3n) is 3.96. The molecule has 0 amide bonds. The Labute approximate surface area is 138 Å². The van der Waals surface area contributed by atoms with E-state index in [-0.39, 0.29) is 34.2 Å². The standard InChI is InChI=1S/C13H18BrClN2O3S/c14-12-10(16)5-9(15)6-11(12)21(19,20)17-7-13(8-18)3-1-2-4-13/h5-6,17-18H,1-4,7-8,16H2. The van der Waals surface area contributed by atoms with Crippen molar-refractivity contribution in [3.8, 4) is 0 Å². The minimum absolute atomic E-state index is 0.0126. The van der Waals surface area contributed by atoms with E-state index in [1.165, 1.54) is 12.1 Å². The predicted octanol–water partition coefficient (Wildman–Crippen LogP) is 2.52. The number of sulfonamides is 1. The van der Waals surface area contributed by atoms with Crippen LogP contribution in [0.3, 0.4) is 0 Å². The van der Waals surface area contributed by atoms with Crippen molar-refractivity contribution in [2.75, 3.05) is 18.9 Å². The molecular formula is C13H18BrClN2O3S. The summed E-state index contributed by atoms with van der Waals surface area (Å²) in [4.78, 5) is 0.0126. The topological polar surface area (TPSA) is 92.4 Å². The number of anilines is 1. The number of nitrogens with one attached hydrogen (secondary N) is 1. The van der Waals surface area contributed by atoms with E-state index in [9.17, 15) is 13.5 Å². The van der Waals surface area contributed by atoms with Crippen molar-refractivity contribution in [2.45, 2.75) is 30.6 Å². The molecule has 0 bridgehead atoms. The van der Waals surface area contributed by atoms with E-state index in [2.05, 4.69) is 20.7 Å². The Morgan fingerprint density at radius 2 is 2.00 bits per heavy atom. The molecule has 0 aromatic heterocycles. The fraction of sp³-hybridized carbons (Fsp3) is 0.538. The highest BCUT2D eigenvalue weighted by atomic mass is 79.9. The second kappa shape index (κ2) is 6.42. The van der Waals surface area contributed by atoms with Crippen LogP contribution < -0.4 is 10.5 Å². The van der Waals surface area contributed by atoms with Crippen molar-refractivity contribution in [3.63, 3.8) is 0 Å². The zero-order valence-electron chi connectivity index (χ0n) is 11.4. The van der Waals surface area contributed by atoms with Crippen LogP contribution in [0.25, 0.3) is 0 Å². The molecule has 0 saturated heterocycles. The van der Waals surface area contributed by atoms with E-state index in [1.807, 2.05) is 0 Å². The van der Waals surface area contributed by atoms with Gasteiger partial charge in [-0.2, -0.15) is 0 Å². The van der Waals surface area contributed by atoms with E-state index >= 15 is 0 Å². The largest absolute Gasteiger partial charge is 0.398 e. The number of aliphatic hydroxyl groups excluding tert-OH is 1. The van der Waals surface area contributed by atoms with Crippen LogP contribution in [0.1, 0.15) is 25.7 Å². The summed E-state index contributed by atoms with van der Waals surface area (Å²) in [7, 11) is -3.74. The zero-order valence-corrected chi connectivity index (χ0v) is 14.6. The highest BCUT2D eigenvalue weighted by Gasteiger charge is 2.34. The molecule has 0 spiro atoms. The Kier molecular flexibility index (Phi) is 5.20. The van der Waals surface area contributed by atoms with E-state index in [4.69, 9.17) is 17.3 Å². The third kappa shape index (κ3) is 3.71. The summed E-state index contributed by atoms with van der Waals surface area (Å²) in [6.45, 7) is 0.194. The lowest BCUT2D eigenvalue weighted by molar-refractivity contribution is 0.134. The molecule has 0 atom stereocenters. The quantitative estimate of drug-likeness (QED) is 0.666. The van der Waals surface area contributed by atoms with Gasteiger partial charge in [0.05, 0.1) is 9.37 Å². The van der Waals surface area contributed by atoms with Crippen LogP contribution in [-0.2, 0) is 10.0 Å². The molecule has 1 aliphatic carbocycles. The number of benzene rings is 1. The minimum Gasteiger partial charge on any atom is -0.398 e. The van der Waals surface area contributed by atoms with Gasteiger partial charge in [-0.1, -0.05) is 24.4 Å². The van der Waals surface area contributed by atoms with Crippen molar-refractivity contribution in [1.29, 1.82) is 0 Å². The number of hydrogen-bond donors (Lipinski definition) is 3. The van der Waals surface area contributed by atoms with Crippen LogP contribution >= 0.6 is 27.5 Å². The van der Waals surface area contributed by atoms with Gasteiger partial charge in [-0.15, -0.1) is 0 Å². The maximum Gasteiger partial charge on any atom is 0.241 e. The number of nitrogen functional groups attached to an aromatic ring is 1. The lowest BCUT2D eigenvalue weighted by Crippen LogP contribution is -2.38. The minimum atomic E-state index is -3.74. The third-order valence-corrected chi connectivity index (χ3v) is 6.75. The molecule has 0 unspecified atom stereocenters. The number of halogens is 2. The summed E-state index contributed by atoms with van der Waals surface area (Å²) in [5.74, 6) is 0. The molecule has 1 saturated carbocycles. The fourth-order valence-corrected chi connectivity index (χ4v) is 5.07. The van der Waals surface area contributed by atoms with Crippen LogP contribution in [0.2, 0.25) is 5.02 Å². The predicted molar refractivity (Wildman–Crippen MR) is 86.7 cm³/mol. The van der Waals surface area contributed by atoms with Crippen molar-refractivity contribution in [3.05, 3.63) is 21.6 Å². The average Bonchev–Trinajstić information content (AvgIpc) is 2.90. The SMILES string of the molecule is Nc1cc(Cl)cc(S(=O)(=O)NCC2(CO)CCCC2)c1Br. The molecule has 1 fully saturated rings. The van der Waals surface area contributed by atoms with Gasteiger partial charge in [0.2, 0.25) is 10.0 Å². The molecule has 1 aliphatic rings. The van der Waals surface area contributed by atoms with Crippen LogP contribution in [0, 0.1) is 5.41 Å². The summed E-state index contributed by atoms with van der Waals surface area (Å²) in [6.07, 6.45) is 3.67. The molecule has 0 heterocycles. The van der Waals surface area contributed by atoms with E-state index < -0.39 is 10.0 Å². The zero-order chi connectivity index (χ0) is 15.7. The molecule has 8 heteroatoms. The molecule has 0 radical (unpaired) electrons. The Morgan fingerprint density at radius 3 is 2.57 bits per heavy atom. The van der Waals surface area contributed by atoms with Gasteiger partial charge in [0.25, 0.3) is 0 Å². The van der Waals surface area contributed by atoms with Crippen molar-refractivity contribution >= 4 is 43.2 Å². The molecular weight excluding hydrogens is 380 g/mol. The second-order valence-corrected chi connectivity index (χ2v) is 8.46. The van der Waals surface area contributed by atoms with Crippen LogP contribution in [0.4, 0.5) is 5.69 Å². The van der Waals surface area contributed by atoms with Gasteiger partial charge >= 0.3 is 0 Å². The summed E-state index contributed by atoms with van der Waals surface area (Å²) in [5, 5.41) is 9.80. The van der Waals surface area contributed by atoms with Crippen molar-refractivity contribution in [1.82, 2.24) is 4.72 Å². The van der Waals surface area contributed by atoms with Gasteiger partial charge in [0.1, 0.15) is 0 Å². The normalized spacial score (nSPS) is 18.0. The first-order chi connectivity index (χ1) is 9.80. The molecule has 118 valence electrons. The van der Waals surface area contributed by atoms with Gasteiger partial charge < -0.3 is 10.8 Å². The number of aliphatic hydroxyl groups is 1. The summed E-state index contributed by atoms with van der Waals surface area (Å²) < 4.78 is 27.7. The van der Waals surface area contributed by atoms with E-state index in [1.54, 1.807) is 0 Å². The lowest BCUT2D eigenvalue weighted by atomic mass is 9.88. The average molecular weight is 398 g/mol. The molecule has 1 aromatic carbocycles. The van der Waals surface area contributed by atoms with Crippen LogP contribution in [0.5, 0.6) is 0 Å². The molecule has 21 heavy (non-hydrogen) atoms. The molecule has 4 N–H and O–H groups in total. The van der Waals surface area contributed by atoms with E-state index in [0.717, 1.165) is 25.7 Å². The lowest BCUT2D eigenvalue weighted by Gasteiger charge is -2.26. The number of rotatable bonds is 5. The second-order valence-electron chi connectivity index (χ2n) is 5.50. The Bertz CT molecular complexity index is 631. The van der Waals surface area contributed by atoms with Gasteiger partial charge in [-0.25, -0.2) is 13.1 Å². The molecule has 0 aliphatic heterocycles. The van der Waals surface area contributed by atoms with E-state index in [0.29, 0.717) is 4.47 Å². The van der Waals surface area contributed by atoms with Crippen LogP contribution in [-0.4, -0.2) is 26.7 Å². The smallest absolute Gasteiger partial charge is 0.241 e. The van der Waals surface area contributed by atoms with Gasteiger partial charge in [0.15, 0.2) is 0 Å². The highest BCUT2D eigenvalue weighted by molar-refractivity contribution is 9.10. The van der Waals surface area contributed by atoms with Crippen LogP contribution in [0.15, 0.2) is 21.5 Å². The fourth-order valence-electron chi connectivity index (χ4n) is 2.62. The number of nitrogens with two attached hydrogens (primary N) is 1. The Balaban J connectivity index is 2.23. The Hall–Kier alpha value is -0.340. The van der Waals surface area contributed by atoms with Gasteiger partial charge in [-0.3, -0.25) is 0 Å². The molecule has 1 aromatic rings. The Morgan fingerprint density at radius 1 is 1.38 bits per heavy atom. The first kappa shape index (κ1) is 17.0. The van der Waals surface area contributed by atoms with Gasteiger partial charge in [0, 0.05) is 29.3 Å². The van der Waals surface area contributed by atoms with Gasteiger partial charge in [-0.05, 0) is 40.9 Å².